The molecule has 1 aromatic heterocycles. The lowest BCUT2D eigenvalue weighted by Crippen LogP contribution is -2.34. The standard InChI is InChI=1S/C19H24N2O3S/c1-3-10-21(11-4-2)12-16(22)20-18-17(19(23)24)15(13-25-18)14-8-6-5-7-9-14/h5-9,13H,3-4,10-12H2,1-2H3,(H,20,22)(H,23,24). The molecular formula is C19H24N2O3S. The quantitative estimate of drug-likeness (QED) is 0.704. The summed E-state index contributed by atoms with van der Waals surface area (Å²) >= 11 is 1.25. The number of carboxylic acids is 1. The van der Waals surface area contributed by atoms with Gasteiger partial charge in [-0.05, 0) is 31.5 Å². The van der Waals surface area contributed by atoms with Crippen LogP contribution in [0.25, 0.3) is 11.1 Å². The minimum Gasteiger partial charge on any atom is -0.478 e. The highest BCUT2D eigenvalue weighted by Gasteiger charge is 2.21. The van der Waals surface area contributed by atoms with Crippen molar-refractivity contribution in [3.63, 3.8) is 0 Å². The lowest BCUT2D eigenvalue weighted by Gasteiger charge is -2.20. The highest BCUT2D eigenvalue weighted by Crippen LogP contribution is 2.35. The number of nitrogens with zero attached hydrogens (tertiary/aromatic N) is 1. The van der Waals surface area contributed by atoms with Gasteiger partial charge in [-0.3, -0.25) is 9.69 Å². The smallest absolute Gasteiger partial charge is 0.339 e. The fraction of sp³-hybridized carbons (Fsp3) is 0.368. The summed E-state index contributed by atoms with van der Waals surface area (Å²) in [5, 5.41) is 14.6. The van der Waals surface area contributed by atoms with Crippen LogP contribution in [0.2, 0.25) is 0 Å². The summed E-state index contributed by atoms with van der Waals surface area (Å²) < 4.78 is 0. The second-order valence-electron chi connectivity index (χ2n) is 5.85. The van der Waals surface area contributed by atoms with E-state index < -0.39 is 5.97 Å². The van der Waals surface area contributed by atoms with Crippen molar-refractivity contribution in [3.8, 4) is 11.1 Å². The molecule has 2 aromatic rings. The highest BCUT2D eigenvalue weighted by atomic mass is 32.1. The van der Waals surface area contributed by atoms with E-state index in [0.29, 0.717) is 10.6 Å². The molecule has 0 fully saturated rings. The summed E-state index contributed by atoms with van der Waals surface area (Å²) in [6.45, 7) is 6.14. The van der Waals surface area contributed by atoms with Crippen LogP contribution in [-0.4, -0.2) is 41.5 Å². The largest absolute Gasteiger partial charge is 0.478 e. The van der Waals surface area contributed by atoms with Crippen molar-refractivity contribution in [2.45, 2.75) is 26.7 Å². The summed E-state index contributed by atoms with van der Waals surface area (Å²) in [6, 6.07) is 9.35. The van der Waals surface area contributed by atoms with Gasteiger partial charge in [-0.2, -0.15) is 0 Å². The van der Waals surface area contributed by atoms with E-state index in [4.69, 9.17) is 0 Å². The molecule has 0 spiro atoms. The van der Waals surface area contributed by atoms with Crippen LogP contribution in [0.1, 0.15) is 37.0 Å². The van der Waals surface area contributed by atoms with Crippen LogP contribution in [0.3, 0.4) is 0 Å². The molecule has 0 radical (unpaired) electrons. The molecule has 0 saturated carbocycles. The van der Waals surface area contributed by atoms with Crippen LogP contribution in [0.15, 0.2) is 35.7 Å². The predicted molar refractivity (Wildman–Crippen MR) is 102 cm³/mol. The van der Waals surface area contributed by atoms with Crippen molar-refractivity contribution in [2.24, 2.45) is 0 Å². The van der Waals surface area contributed by atoms with E-state index in [9.17, 15) is 14.7 Å². The predicted octanol–water partition coefficient (Wildman–Crippen LogP) is 4.17. The second-order valence-corrected chi connectivity index (χ2v) is 6.73. The molecule has 1 amide bonds. The molecular weight excluding hydrogens is 336 g/mol. The van der Waals surface area contributed by atoms with E-state index >= 15 is 0 Å². The van der Waals surface area contributed by atoms with E-state index in [-0.39, 0.29) is 18.0 Å². The van der Waals surface area contributed by atoms with Gasteiger partial charge >= 0.3 is 5.97 Å². The molecule has 1 aromatic carbocycles. The van der Waals surface area contributed by atoms with Gasteiger partial charge in [0.1, 0.15) is 10.6 Å². The van der Waals surface area contributed by atoms with Crippen molar-refractivity contribution in [1.82, 2.24) is 4.90 Å². The molecule has 134 valence electrons. The van der Waals surface area contributed by atoms with Crippen molar-refractivity contribution >= 4 is 28.2 Å². The van der Waals surface area contributed by atoms with E-state index in [1.54, 1.807) is 5.38 Å². The van der Waals surface area contributed by atoms with Crippen LogP contribution >= 0.6 is 11.3 Å². The number of hydrogen-bond donors (Lipinski definition) is 2. The first-order valence-electron chi connectivity index (χ1n) is 8.49. The number of rotatable bonds is 9. The number of benzene rings is 1. The number of amides is 1. The zero-order valence-electron chi connectivity index (χ0n) is 14.6. The van der Waals surface area contributed by atoms with Gasteiger partial charge in [0.15, 0.2) is 0 Å². The van der Waals surface area contributed by atoms with Crippen molar-refractivity contribution in [1.29, 1.82) is 0 Å². The van der Waals surface area contributed by atoms with E-state index in [1.165, 1.54) is 11.3 Å². The van der Waals surface area contributed by atoms with Crippen LogP contribution in [0, 0.1) is 0 Å². The Balaban J connectivity index is 2.18. The SMILES string of the molecule is CCCN(CCC)CC(=O)Nc1scc(-c2ccccc2)c1C(=O)O. The van der Waals surface area contributed by atoms with Gasteiger partial charge in [-0.15, -0.1) is 11.3 Å². The van der Waals surface area contributed by atoms with Crippen LogP contribution in [0.5, 0.6) is 0 Å². The number of thiophene rings is 1. The maximum Gasteiger partial charge on any atom is 0.339 e. The second kappa shape index (κ2) is 9.34. The maximum atomic E-state index is 12.4. The normalized spacial score (nSPS) is 10.8. The van der Waals surface area contributed by atoms with E-state index in [2.05, 4.69) is 24.1 Å². The fourth-order valence-corrected chi connectivity index (χ4v) is 3.74. The summed E-state index contributed by atoms with van der Waals surface area (Å²) in [5.41, 5.74) is 1.62. The topological polar surface area (TPSA) is 69.6 Å². The van der Waals surface area contributed by atoms with Crippen molar-refractivity contribution < 1.29 is 14.7 Å². The summed E-state index contributed by atoms with van der Waals surface area (Å²) in [4.78, 5) is 26.2. The molecule has 5 nitrogen and oxygen atoms in total. The lowest BCUT2D eigenvalue weighted by atomic mass is 10.0. The Morgan fingerprint density at radius 1 is 1.12 bits per heavy atom. The first kappa shape index (κ1) is 19.1. The highest BCUT2D eigenvalue weighted by molar-refractivity contribution is 7.15. The Bertz CT molecular complexity index is 707. The zero-order chi connectivity index (χ0) is 18.2. The van der Waals surface area contributed by atoms with Gasteiger partial charge in [0.2, 0.25) is 5.91 Å². The van der Waals surface area contributed by atoms with Crippen LogP contribution in [0.4, 0.5) is 5.00 Å². The van der Waals surface area contributed by atoms with Crippen molar-refractivity contribution in [3.05, 3.63) is 41.3 Å². The minimum absolute atomic E-state index is 0.155. The van der Waals surface area contributed by atoms with Gasteiger partial charge in [0.05, 0.1) is 6.54 Å². The molecule has 2 N–H and O–H groups in total. The average Bonchev–Trinajstić information content (AvgIpc) is 2.99. The molecule has 0 saturated heterocycles. The third-order valence-corrected chi connectivity index (χ3v) is 4.68. The number of aromatic carboxylic acids is 1. The third kappa shape index (κ3) is 5.14. The molecule has 0 bridgehead atoms. The summed E-state index contributed by atoms with van der Waals surface area (Å²) in [5.74, 6) is -1.21. The van der Waals surface area contributed by atoms with Gasteiger partial charge in [0, 0.05) is 10.9 Å². The molecule has 25 heavy (non-hydrogen) atoms. The molecule has 2 rings (SSSR count). The zero-order valence-corrected chi connectivity index (χ0v) is 15.4. The number of anilines is 1. The van der Waals surface area contributed by atoms with Gasteiger partial charge in [-0.1, -0.05) is 44.2 Å². The Hall–Kier alpha value is -2.18. The molecule has 6 heteroatoms. The summed E-state index contributed by atoms with van der Waals surface area (Å²) in [6.07, 6.45) is 1.95. The molecule has 0 unspecified atom stereocenters. The maximum absolute atomic E-state index is 12.4. The molecule has 0 aliphatic rings. The van der Waals surface area contributed by atoms with Gasteiger partial charge < -0.3 is 10.4 Å². The first-order chi connectivity index (χ1) is 12.1. The Morgan fingerprint density at radius 3 is 2.32 bits per heavy atom. The molecule has 0 atom stereocenters. The summed E-state index contributed by atoms with van der Waals surface area (Å²) in [7, 11) is 0. The first-order valence-corrected chi connectivity index (χ1v) is 9.37. The van der Waals surface area contributed by atoms with Gasteiger partial charge in [-0.25, -0.2) is 4.79 Å². The minimum atomic E-state index is -1.03. The van der Waals surface area contributed by atoms with Crippen LogP contribution < -0.4 is 5.32 Å². The molecule has 0 aliphatic carbocycles. The van der Waals surface area contributed by atoms with E-state index in [0.717, 1.165) is 31.5 Å². The number of carbonyl (C=O) groups is 2. The Morgan fingerprint density at radius 2 is 1.76 bits per heavy atom. The van der Waals surface area contributed by atoms with E-state index in [1.807, 2.05) is 30.3 Å². The average molecular weight is 360 g/mol. The lowest BCUT2D eigenvalue weighted by molar-refractivity contribution is -0.117. The molecule has 0 aliphatic heterocycles. The monoisotopic (exact) mass is 360 g/mol. The van der Waals surface area contributed by atoms with Crippen LogP contribution in [-0.2, 0) is 4.79 Å². The van der Waals surface area contributed by atoms with Crippen molar-refractivity contribution in [2.75, 3.05) is 25.0 Å². The number of nitrogens with one attached hydrogen (secondary N) is 1. The number of hydrogen-bond acceptors (Lipinski definition) is 4. The molecule has 1 heterocycles. The Kier molecular flexibility index (Phi) is 7.16. The van der Waals surface area contributed by atoms with Gasteiger partial charge in [0.25, 0.3) is 0 Å². The number of carboxylic acid groups (broad SMARTS) is 1. The third-order valence-electron chi connectivity index (χ3n) is 3.79. The Labute approximate surface area is 152 Å². The number of carbonyl (C=O) groups excluding carboxylic acids is 1. The fourth-order valence-electron chi connectivity index (χ4n) is 2.76.